The highest BCUT2D eigenvalue weighted by Gasteiger charge is 2.38. The van der Waals surface area contributed by atoms with E-state index >= 15 is 0 Å². The summed E-state index contributed by atoms with van der Waals surface area (Å²) in [5.41, 5.74) is 0.00410. The van der Waals surface area contributed by atoms with Crippen LogP contribution in [0.15, 0.2) is 12.1 Å². The minimum atomic E-state index is -4.67. The summed E-state index contributed by atoms with van der Waals surface area (Å²) in [6.07, 6.45) is -0.388. The first kappa shape index (κ1) is 24.2. The number of piperidine rings is 1. The van der Waals surface area contributed by atoms with E-state index < -0.39 is 24.1 Å². The molecular formula is C22H29F3N6O3. The number of nitrogens with one attached hydrogen (secondary N) is 1. The van der Waals surface area contributed by atoms with Gasteiger partial charge in [0.15, 0.2) is 11.8 Å². The van der Waals surface area contributed by atoms with E-state index in [-0.39, 0.29) is 23.5 Å². The van der Waals surface area contributed by atoms with Gasteiger partial charge in [0.25, 0.3) is 11.7 Å². The van der Waals surface area contributed by atoms with Gasteiger partial charge in [-0.15, -0.1) is 15.3 Å². The van der Waals surface area contributed by atoms with Crippen LogP contribution >= 0.6 is 0 Å². The molecule has 0 spiro atoms. The number of carbonyl (C=O) groups is 2. The van der Waals surface area contributed by atoms with Crippen molar-refractivity contribution in [3.8, 4) is 0 Å². The summed E-state index contributed by atoms with van der Waals surface area (Å²) in [5, 5.41) is 13.8. The zero-order valence-electron chi connectivity index (χ0n) is 19.2. The van der Waals surface area contributed by atoms with Crippen LogP contribution in [-0.4, -0.2) is 56.9 Å². The molecule has 1 saturated carbocycles. The Bertz CT molecular complexity index is 1030. The number of hydrogen-bond donors (Lipinski definition) is 1. The molecule has 3 unspecified atom stereocenters. The van der Waals surface area contributed by atoms with E-state index in [0.717, 1.165) is 19.3 Å². The normalized spacial score (nSPS) is 23.0. The Labute approximate surface area is 195 Å². The van der Waals surface area contributed by atoms with Crippen molar-refractivity contribution in [2.24, 2.45) is 11.8 Å². The van der Waals surface area contributed by atoms with E-state index in [1.807, 2.05) is 4.90 Å². The predicted octanol–water partition coefficient (Wildman–Crippen LogP) is 2.99. The van der Waals surface area contributed by atoms with Gasteiger partial charge in [0.2, 0.25) is 0 Å². The van der Waals surface area contributed by atoms with E-state index in [1.54, 1.807) is 13.0 Å². The number of carbonyl (C=O) groups excluding carboxylic acids is 2. The molecule has 12 heteroatoms. The number of nitrogens with zero attached hydrogens (tertiary/aromatic N) is 5. The van der Waals surface area contributed by atoms with E-state index in [1.165, 1.54) is 12.5 Å². The van der Waals surface area contributed by atoms with Crippen LogP contribution in [0.1, 0.15) is 58.2 Å². The third kappa shape index (κ3) is 5.25. The van der Waals surface area contributed by atoms with Gasteiger partial charge in [-0.2, -0.15) is 17.7 Å². The molecule has 2 aromatic heterocycles. The number of halogens is 3. The summed E-state index contributed by atoms with van der Waals surface area (Å²) in [6.45, 7) is 4.53. The molecule has 0 radical (unpaired) electrons. The van der Waals surface area contributed by atoms with Crippen molar-refractivity contribution in [1.82, 2.24) is 25.1 Å². The smallest absolute Gasteiger partial charge is 0.452 e. The molecule has 2 fully saturated rings. The Morgan fingerprint density at radius 1 is 1.12 bits per heavy atom. The third-order valence-electron chi connectivity index (χ3n) is 6.76. The summed E-state index contributed by atoms with van der Waals surface area (Å²) < 4.78 is 45.5. The molecule has 3 heterocycles. The van der Waals surface area contributed by atoms with Crippen LogP contribution in [0.5, 0.6) is 0 Å². The van der Waals surface area contributed by atoms with Crippen LogP contribution in [0.4, 0.5) is 19.0 Å². The van der Waals surface area contributed by atoms with Crippen molar-refractivity contribution >= 4 is 23.3 Å². The molecule has 9 nitrogen and oxygen atoms in total. The second kappa shape index (κ2) is 9.75. The summed E-state index contributed by atoms with van der Waals surface area (Å²) in [7, 11) is 0. The van der Waals surface area contributed by atoms with Gasteiger partial charge < -0.3 is 15.0 Å². The summed E-state index contributed by atoms with van der Waals surface area (Å²) >= 11 is 0. The van der Waals surface area contributed by atoms with E-state index in [9.17, 15) is 22.8 Å². The van der Waals surface area contributed by atoms with Crippen molar-refractivity contribution in [1.29, 1.82) is 0 Å². The van der Waals surface area contributed by atoms with Gasteiger partial charge in [-0.3, -0.25) is 9.59 Å². The highest BCUT2D eigenvalue weighted by molar-refractivity contribution is 5.84. The maximum absolute atomic E-state index is 13.1. The highest BCUT2D eigenvalue weighted by Crippen LogP contribution is 2.29. The minimum absolute atomic E-state index is 0.00410. The molecule has 186 valence electrons. The molecule has 0 bridgehead atoms. The number of fused-ring (bicyclic) bond motifs is 1. The highest BCUT2D eigenvalue weighted by atomic mass is 19.4. The zero-order chi connectivity index (χ0) is 24.5. The van der Waals surface area contributed by atoms with Crippen molar-refractivity contribution in [3.63, 3.8) is 0 Å². The number of aromatic nitrogens is 4. The maximum Gasteiger partial charge on any atom is 0.453 e. The van der Waals surface area contributed by atoms with E-state index in [2.05, 4.69) is 27.5 Å². The van der Waals surface area contributed by atoms with Crippen LogP contribution in [-0.2, 0) is 20.5 Å². The van der Waals surface area contributed by atoms with Gasteiger partial charge in [0.1, 0.15) is 5.82 Å². The predicted molar refractivity (Wildman–Crippen MR) is 116 cm³/mol. The number of amides is 1. The topological polar surface area (TPSA) is 102 Å². The Kier molecular flexibility index (Phi) is 6.94. The van der Waals surface area contributed by atoms with E-state index in [0.29, 0.717) is 42.2 Å². The van der Waals surface area contributed by atoms with Crippen molar-refractivity contribution in [2.75, 3.05) is 18.0 Å². The molecule has 4 rings (SSSR count). The molecule has 1 N–H and O–H groups in total. The van der Waals surface area contributed by atoms with Gasteiger partial charge in [-0.1, -0.05) is 19.8 Å². The van der Waals surface area contributed by atoms with Crippen LogP contribution in [0, 0.1) is 11.8 Å². The number of hydrogen-bond acceptors (Lipinski definition) is 7. The average molecular weight is 483 g/mol. The molecule has 2 aromatic rings. The van der Waals surface area contributed by atoms with Gasteiger partial charge in [0.05, 0.1) is 5.92 Å². The quantitative estimate of drug-likeness (QED) is 0.654. The molecule has 34 heavy (non-hydrogen) atoms. The Hall–Kier alpha value is -2.92. The SMILES string of the molecule is CC(OC(=O)C1CCN(c2ccc3nnc(C(F)(F)F)n3n2)CC1)C(=O)NC1CCCCC1C. The Morgan fingerprint density at radius 2 is 1.82 bits per heavy atom. The van der Waals surface area contributed by atoms with Gasteiger partial charge in [0, 0.05) is 19.1 Å². The summed E-state index contributed by atoms with van der Waals surface area (Å²) in [6, 6.07) is 3.12. The van der Waals surface area contributed by atoms with Gasteiger partial charge >= 0.3 is 12.1 Å². The first-order valence-corrected chi connectivity index (χ1v) is 11.7. The largest absolute Gasteiger partial charge is 0.453 e. The number of alkyl halides is 3. The number of anilines is 1. The van der Waals surface area contributed by atoms with E-state index in [4.69, 9.17) is 4.74 Å². The van der Waals surface area contributed by atoms with Crippen molar-refractivity contribution < 1.29 is 27.5 Å². The average Bonchev–Trinajstić information content (AvgIpc) is 3.24. The molecule has 1 aliphatic carbocycles. The zero-order valence-corrected chi connectivity index (χ0v) is 19.2. The van der Waals surface area contributed by atoms with Crippen molar-refractivity contribution in [3.05, 3.63) is 18.0 Å². The van der Waals surface area contributed by atoms with Crippen molar-refractivity contribution in [2.45, 2.75) is 70.7 Å². The lowest BCUT2D eigenvalue weighted by molar-refractivity contribution is -0.159. The lowest BCUT2D eigenvalue weighted by atomic mass is 9.86. The van der Waals surface area contributed by atoms with Crippen LogP contribution < -0.4 is 10.2 Å². The third-order valence-corrected chi connectivity index (χ3v) is 6.76. The van der Waals surface area contributed by atoms with Crippen LogP contribution in [0.3, 0.4) is 0 Å². The Balaban J connectivity index is 1.31. The molecule has 1 amide bonds. The lowest BCUT2D eigenvalue weighted by Crippen LogP contribution is -2.46. The molecule has 1 aliphatic heterocycles. The summed E-state index contributed by atoms with van der Waals surface area (Å²) in [4.78, 5) is 26.9. The second-order valence-corrected chi connectivity index (χ2v) is 9.20. The fourth-order valence-electron chi connectivity index (χ4n) is 4.62. The summed E-state index contributed by atoms with van der Waals surface area (Å²) in [5.74, 6) is -1.53. The number of ether oxygens (including phenoxy) is 1. The molecule has 0 aromatic carbocycles. The fourth-order valence-corrected chi connectivity index (χ4v) is 4.62. The first-order valence-electron chi connectivity index (χ1n) is 11.7. The first-order chi connectivity index (χ1) is 16.1. The fraction of sp³-hybridized carbons (Fsp3) is 0.682. The molecule has 1 saturated heterocycles. The van der Waals surface area contributed by atoms with Crippen LogP contribution in [0.2, 0.25) is 0 Å². The van der Waals surface area contributed by atoms with Crippen LogP contribution in [0.25, 0.3) is 5.65 Å². The number of esters is 1. The maximum atomic E-state index is 13.1. The second-order valence-electron chi connectivity index (χ2n) is 9.20. The van der Waals surface area contributed by atoms with Gasteiger partial charge in [-0.05, 0) is 50.7 Å². The Morgan fingerprint density at radius 3 is 2.50 bits per heavy atom. The number of rotatable bonds is 5. The molecule has 2 aliphatic rings. The molecular weight excluding hydrogens is 453 g/mol. The lowest BCUT2D eigenvalue weighted by Gasteiger charge is -2.32. The molecule has 3 atom stereocenters. The minimum Gasteiger partial charge on any atom is -0.452 e. The van der Waals surface area contributed by atoms with Gasteiger partial charge in [-0.25, -0.2) is 0 Å². The standard InChI is InChI=1S/C22H29F3N6O3/c1-13-5-3-4-6-16(13)26-19(32)14(2)34-20(33)15-9-11-30(12-10-15)18-8-7-17-27-28-21(22(23,24)25)31(17)29-18/h7-8,13-16H,3-6,9-12H2,1-2H3,(H,26,32). The monoisotopic (exact) mass is 482 g/mol.